The summed E-state index contributed by atoms with van der Waals surface area (Å²) in [5, 5.41) is 12.7. The predicted octanol–water partition coefficient (Wildman–Crippen LogP) is 3.70. The second-order valence-electron chi connectivity index (χ2n) is 6.32. The molecule has 4 rings (SSSR count). The van der Waals surface area contributed by atoms with Crippen molar-refractivity contribution in [2.75, 3.05) is 6.61 Å². The maximum absolute atomic E-state index is 13.0. The van der Waals surface area contributed by atoms with Crippen molar-refractivity contribution in [3.63, 3.8) is 0 Å². The Balaban J connectivity index is 1.54. The average Bonchev–Trinajstić information content (AvgIpc) is 3.15. The van der Waals surface area contributed by atoms with Gasteiger partial charge in [0.2, 0.25) is 0 Å². The molecule has 2 heterocycles. The maximum atomic E-state index is 13.0. The van der Waals surface area contributed by atoms with E-state index in [0.717, 1.165) is 11.1 Å². The van der Waals surface area contributed by atoms with Gasteiger partial charge in [-0.1, -0.05) is 30.3 Å². The molecular formula is C21H17FN2O3S. The molecule has 0 aliphatic rings. The summed E-state index contributed by atoms with van der Waals surface area (Å²) in [6, 6.07) is 15.2. The highest BCUT2D eigenvalue weighted by molar-refractivity contribution is 7.17. The van der Waals surface area contributed by atoms with Crippen LogP contribution in [-0.4, -0.2) is 27.4 Å². The fourth-order valence-electron chi connectivity index (χ4n) is 2.93. The lowest BCUT2D eigenvalue weighted by Crippen LogP contribution is -2.30. The van der Waals surface area contributed by atoms with Gasteiger partial charge in [-0.3, -0.25) is 9.36 Å². The summed E-state index contributed by atoms with van der Waals surface area (Å²) in [5.74, 6) is 0.0920. The number of aliphatic hydroxyl groups excluding tert-OH is 1. The van der Waals surface area contributed by atoms with Crippen LogP contribution in [0.15, 0.2) is 71.1 Å². The molecule has 2 aromatic carbocycles. The molecule has 4 aromatic rings. The van der Waals surface area contributed by atoms with Crippen LogP contribution in [0.1, 0.15) is 0 Å². The number of fused-ring (bicyclic) bond motifs is 1. The minimum Gasteiger partial charge on any atom is -0.491 e. The van der Waals surface area contributed by atoms with Gasteiger partial charge in [-0.05, 0) is 29.8 Å². The van der Waals surface area contributed by atoms with Crippen LogP contribution < -0.4 is 10.3 Å². The van der Waals surface area contributed by atoms with Crippen molar-refractivity contribution in [3.8, 4) is 16.9 Å². The third-order valence-electron chi connectivity index (χ3n) is 4.31. The third kappa shape index (κ3) is 3.81. The number of hydrogen-bond acceptors (Lipinski definition) is 5. The zero-order chi connectivity index (χ0) is 19.5. The van der Waals surface area contributed by atoms with Crippen molar-refractivity contribution in [1.29, 1.82) is 0 Å². The van der Waals surface area contributed by atoms with E-state index in [-0.39, 0.29) is 24.5 Å². The number of hydrogen-bond donors (Lipinski definition) is 1. The summed E-state index contributed by atoms with van der Waals surface area (Å²) >= 11 is 1.42. The molecule has 0 amide bonds. The lowest BCUT2D eigenvalue weighted by atomic mass is 10.1. The highest BCUT2D eigenvalue weighted by atomic mass is 32.1. The molecule has 0 spiro atoms. The van der Waals surface area contributed by atoms with Crippen LogP contribution in [0.4, 0.5) is 4.39 Å². The lowest BCUT2D eigenvalue weighted by Gasteiger charge is -2.14. The van der Waals surface area contributed by atoms with Gasteiger partial charge in [0, 0.05) is 10.9 Å². The summed E-state index contributed by atoms with van der Waals surface area (Å²) in [4.78, 5) is 18.0. The SMILES string of the molecule is O=c1c2c(-c3ccccc3)csc2ncn1C[C@@H](O)COc1ccc(F)cc1. The fraction of sp³-hybridized carbons (Fsp3) is 0.143. The molecule has 0 aliphatic heterocycles. The fourth-order valence-corrected chi connectivity index (χ4v) is 3.84. The number of ether oxygens (including phenoxy) is 1. The average molecular weight is 396 g/mol. The van der Waals surface area contributed by atoms with Crippen molar-refractivity contribution in [2.45, 2.75) is 12.6 Å². The van der Waals surface area contributed by atoms with Gasteiger partial charge < -0.3 is 9.84 Å². The number of halogens is 1. The van der Waals surface area contributed by atoms with E-state index in [4.69, 9.17) is 4.74 Å². The molecule has 0 saturated carbocycles. The van der Waals surface area contributed by atoms with E-state index in [2.05, 4.69) is 4.98 Å². The summed E-state index contributed by atoms with van der Waals surface area (Å²) in [6.07, 6.45) is 0.526. The van der Waals surface area contributed by atoms with Crippen LogP contribution >= 0.6 is 11.3 Å². The van der Waals surface area contributed by atoms with E-state index in [1.54, 1.807) is 0 Å². The molecule has 2 aromatic heterocycles. The molecule has 5 nitrogen and oxygen atoms in total. The molecule has 0 unspecified atom stereocenters. The Morgan fingerprint density at radius 1 is 1.14 bits per heavy atom. The number of aliphatic hydroxyl groups is 1. The van der Waals surface area contributed by atoms with Gasteiger partial charge in [0.25, 0.3) is 5.56 Å². The minimum atomic E-state index is -0.916. The zero-order valence-corrected chi connectivity index (χ0v) is 15.6. The van der Waals surface area contributed by atoms with Gasteiger partial charge in [0.05, 0.1) is 18.3 Å². The molecule has 28 heavy (non-hydrogen) atoms. The number of rotatable bonds is 6. The van der Waals surface area contributed by atoms with E-state index >= 15 is 0 Å². The zero-order valence-electron chi connectivity index (χ0n) is 14.8. The first-order chi connectivity index (χ1) is 13.6. The van der Waals surface area contributed by atoms with E-state index in [0.29, 0.717) is 16.0 Å². The van der Waals surface area contributed by atoms with Crippen molar-refractivity contribution in [1.82, 2.24) is 9.55 Å². The molecule has 0 radical (unpaired) electrons. The van der Waals surface area contributed by atoms with Gasteiger partial charge >= 0.3 is 0 Å². The number of thiophene rings is 1. The Hall–Kier alpha value is -3.03. The highest BCUT2D eigenvalue weighted by Crippen LogP contribution is 2.30. The van der Waals surface area contributed by atoms with Crippen LogP contribution in [0.3, 0.4) is 0 Å². The minimum absolute atomic E-state index is 0.0225. The summed E-state index contributed by atoms with van der Waals surface area (Å²) < 4.78 is 19.8. The van der Waals surface area contributed by atoms with E-state index < -0.39 is 6.10 Å². The first-order valence-electron chi connectivity index (χ1n) is 8.70. The highest BCUT2D eigenvalue weighted by Gasteiger charge is 2.15. The van der Waals surface area contributed by atoms with Crippen LogP contribution in [0.2, 0.25) is 0 Å². The Morgan fingerprint density at radius 3 is 2.64 bits per heavy atom. The van der Waals surface area contributed by atoms with Gasteiger partial charge in [-0.25, -0.2) is 9.37 Å². The molecular weight excluding hydrogens is 379 g/mol. The van der Waals surface area contributed by atoms with Crippen LogP contribution in [-0.2, 0) is 6.54 Å². The van der Waals surface area contributed by atoms with Crippen molar-refractivity contribution in [3.05, 3.63) is 82.5 Å². The standard InChI is InChI=1S/C21H17FN2O3S/c22-15-6-8-17(9-7-15)27-11-16(25)10-24-13-23-20-19(21(24)26)18(12-28-20)14-4-2-1-3-5-14/h1-9,12-13,16,25H,10-11H2/t16-/m1/s1. The Bertz CT molecular complexity index is 1140. The quantitative estimate of drug-likeness (QED) is 0.540. The summed E-state index contributed by atoms with van der Waals surface area (Å²) in [6.45, 7) is 0.0261. The molecule has 0 fully saturated rings. The van der Waals surface area contributed by atoms with Gasteiger partial charge in [0.1, 0.15) is 29.1 Å². The Kier molecular flexibility index (Phi) is 5.18. The Labute approximate surface area is 164 Å². The van der Waals surface area contributed by atoms with Crippen LogP contribution in [0.25, 0.3) is 21.3 Å². The van der Waals surface area contributed by atoms with Gasteiger partial charge in [0.15, 0.2) is 0 Å². The third-order valence-corrected chi connectivity index (χ3v) is 5.20. The summed E-state index contributed by atoms with van der Waals surface area (Å²) in [5.41, 5.74) is 1.58. The first kappa shape index (κ1) is 18.3. The molecule has 1 atom stereocenters. The maximum Gasteiger partial charge on any atom is 0.262 e. The largest absolute Gasteiger partial charge is 0.491 e. The molecule has 1 N–H and O–H groups in total. The smallest absolute Gasteiger partial charge is 0.262 e. The predicted molar refractivity (Wildman–Crippen MR) is 107 cm³/mol. The normalized spacial score (nSPS) is 12.2. The van der Waals surface area contributed by atoms with Crippen molar-refractivity contribution < 1.29 is 14.2 Å². The van der Waals surface area contributed by atoms with E-state index in [1.807, 2.05) is 35.7 Å². The van der Waals surface area contributed by atoms with Crippen molar-refractivity contribution in [2.24, 2.45) is 0 Å². The monoisotopic (exact) mass is 396 g/mol. The van der Waals surface area contributed by atoms with Crippen LogP contribution in [0.5, 0.6) is 5.75 Å². The molecule has 7 heteroatoms. The second kappa shape index (κ2) is 7.92. The van der Waals surface area contributed by atoms with Crippen LogP contribution in [0, 0.1) is 5.82 Å². The van der Waals surface area contributed by atoms with Gasteiger partial charge in [-0.15, -0.1) is 11.3 Å². The second-order valence-corrected chi connectivity index (χ2v) is 7.17. The first-order valence-corrected chi connectivity index (χ1v) is 9.58. The topological polar surface area (TPSA) is 64.4 Å². The number of benzene rings is 2. The van der Waals surface area contributed by atoms with E-state index in [1.165, 1.54) is 46.5 Å². The molecule has 0 bridgehead atoms. The molecule has 0 saturated heterocycles. The molecule has 0 aliphatic carbocycles. The summed E-state index contributed by atoms with van der Waals surface area (Å²) in [7, 11) is 0. The van der Waals surface area contributed by atoms with E-state index in [9.17, 15) is 14.3 Å². The number of aromatic nitrogens is 2. The van der Waals surface area contributed by atoms with Crippen molar-refractivity contribution >= 4 is 21.6 Å². The van der Waals surface area contributed by atoms with Gasteiger partial charge in [-0.2, -0.15) is 0 Å². The molecule has 142 valence electrons. The lowest BCUT2D eigenvalue weighted by molar-refractivity contribution is 0.0914. The number of nitrogens with zero attached hydrogens (tertiary/aromatic N) is 2. The Morgan fingerprint density at radius 2 is 1.89 bits per heavy atom.